The summed E-state index contributed by atoms with van der Waals surface area (Å²) in [6.45, 7) is 13.0. The van der Waals surface area contributed by atoms with Crippen molar-refractivity contribution in [3.05, 3.63) is 0 Å². The van der Waals surface area contributed by atoms with Gasteiger partial charge in [-0.05, 0) is 43.4 Å². The fourth-order valence-electron chi connectivity index (χ4n) is 3.17. The summed E-state index contributed by atoms with van der Waals surface area (Å²) in [5.74, 6) is 2.29. The maximum absolute atomic E-state index is 6.16. The Balaban J connectivity index is 2.04. The van der Waals surface area contributed by atoms with Gasteiger partial charge in [-0.25, -0.2) is 0 Å². The minimum atomic E-state index is 0.460. The van der Waals surface area contributed by atoms with E-state index in [0.29, 0.717) is 19.3 Å². The molecule has 0 spiro atoms. The average Bonchev–Trinajstić information content (AvgIpc) is 2.45. The number of ether oxygens (including phenoxy) is 3. The van der Waals surface area contributed by atoms with Gasteiger partial charge in [0.2, 0.25) is 0 Å². The van der Waals surface area contributed by atoms with Crippen molar-refractivity contribution in [3.63, 3.8) is 0 Å². The molecule has 1 fully saturated rings. The van der Waals surface area contributed by atoms with E-state index in [-0.39, 0.29) is 0 Å². The SMILES string of the molecule is CCCOCCOCCCOC1CC(C)CCC1C(C)C. The Bertz CT molecular complexity index is 243. The molecule has 21 heavy (non-hydrogen) atoms. The van der Waals surface area contributed by atoms with E-state index >= 15 is 0 Å². The first kappa shape index (κ1) is 18.9. The molecule has 0 N–H and O–H groups in total. The van der Waals surface area contributed by atoms with Crippen molar-refractivity contribution in [2.24, 2.45) is 17.8 Å². The molecule has 1 rings (SSSR count). The predicted molar refractivity (Wildman–Crippen MR) is 87.6 cm³/mol. The maximum atomic E-state index is 6.16. The van der Waals surface area contributed by atoms with Crippen molar-refractivity contribution in [3.8, 4) is 0 Å². The van der Waals surface area contributed by atoms with Crippen LogP contribution in [0.25, 0.3) is 0 Å². The highest BCUT2D eigenvalue weighted by Gasteiger charge is 2.31. The Morgan fingerprint density at radius 2 is 1.67 bits per heavy atom. The minimum Gasteiger partial charge on any atom is -0.379 e. The van der Waals surface area contributed by atoms with E-state index in [1.54, 1.807) is 0 Å². The molecule has 0 aromatic carbocycles. The third kappa shape index (κ3) is 8.18. The third-order valence-corrected chi connectivity index (χ3v) is 4.45. The van der Waals surface area contributed by atoms with Gasteiger partial charge >= 0.3 is 0 Å². The van der Waals surface area contributed by atoms with Gasteiger partial charge in [-0.2, -0.15) is 0 Å². The van der Waals surface area contributed by atoms with Crippen molar-refractivity contribution >= 4 is 0 Å². The molecular formula is C18H36O3. The van der Waals surface area contributed by atoms with E-state index in [0.717, 1.165) is 50.4 Å². The second-order valence-electron chi connectivity index (χ2n) is 6.81. The summed E-state index contributed by atoms with van der Waals surface area (Å²) < 4.78 is 17.1. The first-order valence-electron chi connectivity index (χ1n) is 8.92. The average molecular weight is 300 g/mol. The van der Waals surface area contributed by atoms with Crippen LogP contribution in [0.3, 0.4) is 0 Å². The highest BCUT2D eigenvalue weighted by molar-refractivity contribution is 4.81. The van der Waals surface area contributed by atoms with Gasteiger partial charge in [-0.1, -0.05) is 34.1 Å². The van der Waals surface area contributed by atoms with Gasteiger partial charge < -0.3 is 14.2 Å². The van der Waals surface area contributed by atoms with Crippen molar-refractivity contribution in [1.29, 1.82) is 0 Å². The highest BCUT2D eigenvalue weighted by Crippen LogP contribution is 2.35. The second kappa shape index (κ2) is 11.4. The van der Waals surface area contributed by atoms with Crippen LogP contribution in [0.1, 0.15) is 59.8 Å². The zero-order valence-electron chi connectivity index (χ0n) is 14.6. The number of hydrogen-bond donors (Lipinski definition) is 0. The van der Waals surface area contributed by atoms with E-state index < -0.39 is 0 Å². The maximum Gasteiger partial charge on any atom is 0.0700 e. The lowest BCUT2D eigenvalue weighted by Gasteiger charge is -2.37. The first-order chi connectivity index (χ1) is 10.1. The molecule has 1 aliphatic carbocycles. The van der Waals surface area contributed by atoms with Crippen molar-refractivity contribution in [1.82, 2.24) is 0 Å². The zero-order chi connectivity index (χ0) is 15.5. The van der Waals surface area contributed by atoms with E-state index in [9.17, 15) is 0 Å². The van der Waals surface area contributed by atoms with E-state index in [1.807, 2.05) is 0 Å². The van der Waals surface area contributed by atoms with Crippen LogP contribution in [0.15, 0.2) is 0 Å². The molecule has 126 valence electrons. The Morgan fingerprint density at radius 1 is 0.952 bits per heavy atom. The molecule has 0 aromatic rings. The van der Waals surface area contributed by atoms with Gasteiger partial charge in [0.05, 0.1) is 19.3 Å². The van der Waals surface area contributed by atoms with Crippen molar-refractivity contribution in [2.45, 2.75) is 65.9 Å². The Morgan fingerprint density at radius 3 is 2.33 bits per heavy atom. The van der Waals surface area contributed by atoms with E-state index in [1.165, 1.54) is 19.3 Å². The Kier molecular flexibility index (Phi) is 10.3. The topological polar surface area (TPSA) is 27.7 Å². The van der Waals surface area contributed by atoms with Crippen LogP contribution < -0.4 is 0 Å². The summed E-state index contributed by atoms with van der Waals surface area (Å²) in [6.07, 6.45) is 6.45. The first-order valence-corrected chi connectivity index (χ1v) is 8.92. The molecule has 0 radical (unpaired) electrons. The lowest BCUT2D eigenvalue weighted by Crippen LogP contribution is -2.34. The van der Waals surface area contributed by atoms with Crippen LogP contribution in [0.4, 0.5) is 0 Å². The Labute approximate surface area is 131 Å². The molecule has 3 nitrogen and oxygen atoms in total. The number of rotatable bonds is 11. The largest absolute Gasteiger partial charge is 0.379 e. The summed E-state index contributed by atoms with van der Waals surface area (Å²) in [5, 5.41) is 0. The summed E-state index contributed by atoms with van der Waals surface area (Å²) in [4.78, 5) is 0. The van der Waals surface area contributed by atoms with Crippen molar-refractivity contribution < 1.29 is 14.2 Å². The molecule has 3 unspecified atom stereocenters. The lowest BCUT2D eigenvalue weighted by atomic mass is 9.75. The van der Waals surface area contributed by atoms with E-state index in [4.69, 9.17) is 14.2 Å². The fraction of sp³-hybridized carbons (Fsp3) is 1.00. The predicted octanol–water partition coefficient (Wildman–Crippen LogP) is 4.30. The molecule has 0 bridgehead atoms. The highest BCUT2D eigenvalue weighted by atomic mass is 16.5. The van der Waals surface area contributed by atoms with Crippen LogP contribution in [0, 0.1) is 17.8 Å². The lowest BCUT2D eigenvalue weighted by molar-refractivity contribution is -0.0459. The fourth-order valence-corrected chi connectivity index (χ4v) is 3.17. The molecule has 0 heterocycles. The van der Waals surface area contributed by atoms with Gasteiger partial charge in [-0.15, -0.1) is 0 Å². The molecule has 3 heteroatoms. The van der Waals surface area contributed by atoms with Crippen molar-refractivity contribution in [2.75, 3.05) is 33.0 Å². The van der Waals surface area contributed by atoms with Gasteiger partial charge in [-0.3, -0.25) is 0 Å². The molecule has 3 atom stereocenters. The van der Waals surface area contributed by atoms with Gasteiger partial charge in [0.25, 0.3) is 0 Å². The van der Waals surface area contributed by atoms with E-state index in [2.05, 4.69) is 27.7 Å². The standard InChI is InChI=1S/C18H36O3/c1-5-9-19-12-13-20-10-6-11-21-18-14-16(4)7-8-17(18)15(2)3/h15-18H,5-14H2,1-4H3. The second-order valence-corrected chi connectivity index (χ2v) is 6.81. The smallest absolute Gasteiger partial charge is 0.0700 e. The monoisotopic (exact) mass is 300 g/mol. The zero-order valence-corrected chi connectivity index (χ0v) is 14.6. The van der Waals surface area contributed by atoms with Crippen LogP contribution >= 0.6 is 0 Å². The summed E-state index contributed by atoms with van der Waals surface area (Å²) >= 11 is 0. The molecule has 0 aromatic heterocycles. The molecule has 0 saturated heterocycles. The molecule has 1 saturated carbocycles. The molecule has 0 aliphatic heterocycles. The Hall–Kier alpha value is -0.120. The van der Waals surface area contributed by atoms with Crippen LogP contribution in [-0.4, -0.2) is 39.1 Å². The molecular weight excluding hydrogens is 264 g/mol. The molecule has 0 amide bonds. The summed E-state index contributed by atoms with van der Waals surface area (Å²) in [5.41, 5.74) is 0. The summed E-state index contributed by atoms with van der Waals surface area (Å²) in [6, 6.07) is 0. The minimum absolute atomic E-state index is 0.460. The third-order valence-electron chi connectivity index (χ3n) is 4.45. The van der Waals surface area contributed by atoms with Crippen LogP contribution in [0.2, 0.25) is 0 Å². The summed E-state index contributed by atoms with van der Waals surface area (Å²) in [7, 11) is 0. The van der Waals surface area contributed by atoms with Gasteiger partial charge in [0, 0.05) is 19.8 Å². The quantitative estimate of drug-likeness (QED) is 0.533. The molecule has 1 aliphatic rings. The van der Waals surface area contributed by atoms with Gasteiger partial charge in [0.15, 0.2) is 0 Å². The number of hydrogen-bond acceptors (Lipinski definition) is 3. The normalized spacial score (nSPS) is 26.4. The van der Waals surface area contributed by atoms with Crippen LogP contribution in [-0.2, 0) is 14.2 Å². The van der Waals surface area contributed by atoms with Crippen LogP contribution in [0.5, 0.6) is 0 Å². The van der Waals surface area contributed by atoms with Gasteiger partial charge in [0.1, 0.15) is 0 Å².